The molecule has 140 valence electrons. The molecular formula is C20H18ClNO5. The first-order chi connectivity index (χ1) is 13.0. The zero-order chi connectivity index (χ0) is 19.6. The Balaban J connectivity index is 1.96. The molecule has 2 aromatic carbocycles. The summed E-state index contributed by atoms with van der Waals surface area (Å²) >= 11 is 6.00. The summed E-state index contributed by atoms with van der Waals surface area (Å²) in [5, 5.41) is 10.6. The highest BCUT2D eigenvalue weighted by Crippen LogP contribution is 2.38. The molecule has 3 rings (SSSR count). The Labute approximate surface area is 161 Å². The van der Waals surface area contributed by atoms with Crippen LogP contribution in [-0.2, 0) is 9.59 Å². The van der Waals surface area contributed by atoms with Crippen LogP contribution in [0.15, 0.2) is 48.2 Å². The fraction of sp³-hybridized carbons (Fsp3) is 0.200. The molecule has 1 N–H and O–H groups in total. The van der Waals surface area contributed by atoms with Crippen LogP contribution in [0.3, 0.4) is 0 Å². The number of methoxy groups -OCH3 is 1. The Morgan fingerprint density at radius 2 is 1.78 bits per heavy atom. The molecule has 7 heteroatoms. The number of carbonyl (C=O) groups excluding carboxylic acids is 2. The minimum atomic E-state index is -0.832. The summed E-state index contributed by atoms with van der Waals surface area (Å²) in [6.07, 6.45) is 0.872. The number of nitrogens with zero attached hydrogens (tertiary/aromatic N) is 1. The first kappa shape index (κ1) is 18.8. The highest BCUT2D eigenvalue weighted by molar-refractivity contribution is 6.45. The molecule has 0 aliphatic carbocycles. The van der Waals surface area contributed by atoms with E-state index in [4.69, 9.17) is 21.1 Å². The van der Waals surface area contributed by atoms with Gasteiger partial charge in [0.25, 0.3) is 5.91 Å². The van der Waals surface area contributed by atoms with Crippen LogP contribution in [0.5, 0.6) is 11.5 Å². The predicted octanol–water partition coefficient (Wildman–Crippen LogP) is 3.98. The van der Waals surface area contributed by atoms with Crippen LogP contribution in [0.25, 0.3) is 5.57 Å². The van der Waals surface area contributed by atoms with Gasteiger partial charge in [-0.1, -0.05) is 30.7 Å². The Hall–Kier alpha value is -2.99. The number of amides is 2. The number of imide groups is 1. The molecule has 0 spiro atoms. The lowest BCUT2D eigenvalue weighted by Crippen LogP contribution is -2.31. The molecule has 27 heavy (non-hydrogen) atoms. The monoisotopic (exact) mass is 387 g/mol. The van der Waals surface area contributed by atoms with Gasteiger partial charge in [0, 0.05) is 5.02 Å². The second kappa shape index (κ2) is 7.72. The van der Waals surface area contributed by atoms with Gasteiger partial charge >= 0.3 is 5.91 Å². The average Bonchev–Trinajstić information content (AvgIpc) is 2.89. The van der Waals surface area contributed by atoms with Gasteiger partial charge < -0.3 is 14.6 Å². The van der Waals surface area contributed by atoms with Gasteiger partial charge in [-0.3, -0.25) is 9.59 Å². The number of anilines is 1. The number of rotatable bonds is 6. The van der Waals surface area contributed by atoms with Crippen molar-refractivity contribution in [2.75, 3.05) is 18.6 Å². The van der Waals surface area contributed by atoms with Crippen LogP contribution in [0, 0.1) is 0 Å². The Bertz CT molecular complexity index is 920. The van der Waals surface area contributed by atoms with E-state index in [1.165, 1.54) is 13.2 Å². The van der Waals surface area contributed by atoms with Crippen molar-refractivity contribution in [1.82, 2.24) is 0 Å². The third-order valence-corrected chi connectivity index (χ3v) is 4.29. The number of carbonyl (C=O) groups is 2. The zero-order valence-electron chi connectivity index (χ0n) is 14.9. The van der Waals surface area contributed by atoms with Crippen molar-refractivity contribution in [1.29, 1.82) is 0 Å². The number of aliphatic hydroxyl groups is 1. The number of halogens is 1. The van der Waals surface area contributed by atoms with Crippen LogP contribution in [0.2, 0.25) is 5.02 Å². The molecule has 2 aromatic rings. The van der Waals surface area contributed by atoms with E-state index >= 15 is 0 Å². The van der Waals surface area contributed by atoms with Gasteiger partial charge in [0.05, 0.1) is 25.0 Å². The van der Waals surface area contributed by atoms with Gasteiger partial charge in [-0.15, -0.1) is 0 Å². The Morgan fingerprint density at radius 1 is 1.07 bits per heavy atom. The number of aliphatic hydroxyl groups excluding tert-OH is 1. The number of benzene rings is 2. The van der Waals surface area contributed by atoms with E-state index in [-0.39, 0.29) is 11.3 Å². The Morgan fingerprint density at radius 3 is 2.41 bits per heavy atom. The molecular weight excluding hydrogens is 370 g/mol. The molecule has 0 saturated carbocycles. The predicted molar refractivity (Wildman–Crippen MR) is 102 cm³/mol. The van der Waals surface area contributed by atoms with Crippen molar-refractivity contribution in [3.63, 3.8) is 0 Å². The lowest BCUT2D eigenvalue weighted by Gasteiger charge is -2.18. The summed E-state index contributed by atoms with van der Waals surface area (Å²) in [5.74, 6) is -1.17. The van der Waals surface area contributed by atoms with Gasteiger partial charge in [-0.25, -0.2) is 4.90 Å². The maximum Gasteiger partial charge on any atom is 0.301 e. The molecule has 0 fully saturated rings. The number of hydrogen-bond donors (Lipinski definition) is 1. The Kier molecular flexibility index (Phi) is 5.37. The van der Waals surface area contributed by atoms with E-state index in [9.17, 15) is 14.7 Å². The first-order valence-electron chi connectivity index (χ1n) is 8.36. The highest BCUT2D eigenvalue weighted by atomic mass is 35.5. The number of hydrogen-bond acceptors (Lipinski definition) is 5. The normalized spacial score (nSPS) is 14.1. The van der Waals surface area contributed by atoms with Crippen molar-refractivity contribution in [2.24, 2.45) is 0 Å². The van der Waals surface area contributed by atoms with E-state index < -0.39 is 17.6 Å². The van der Waals surface area contributed by atoms with Crippen molar-refractivity contribution in [2.45, 2.75) is 13.3 Å². The molecule has 1 aliphatic rings. The molecule has 2 amide bonds. The molecule has 6 nitrogen and oxygen atoms in total. The molecule has 0 atom stereocenters. The van der Waals surface area contributed by atoms with E-state index in [1.54, 1.807) is 36.4 Å². The van der Waals surface area contributed by atoms with Crippen LogP contribution in [0.4, 0.5) is 5.69 Å². The van der Waals surface area contributed by atoms with Gasteiger partial charge in [0.1, 0.15) is 11.5 Å². The minimum absolute atomic E-state index is 0.0796. The van der Waals surface area contributed by atoms with Crippen LogP contribution in [-0.4, -0.2) is 30.6 Å². The van der Waals surface area contributed by atoms with E-state index in [0.717, 1.165) is 11.3 Å². The lowest BCUT2D eigenvalue weighted by atomic mass is 10.1. The van der Waals surface area contributed by atoms with E-state index in [0.29, 0.717) is 28.7 Å². The van der Waals surface area contributed by atoms with Crippen molar-refractivity contribution in [3.8, 4) is 11.5 Å². The largest absolute Gasteiger partial charge is 0.502 e. The summed E-state index contributed by atoms with van der Waals surface area (Å²) in [6.45, 7) is 2.58. The quantitative estimate of drug-likeness (QED) is 0.759. The van der Waals surface area contributed by atoms with Crippen molar-refractivity contribution in [3.05, 3.63) is 58.8 Å². The topological polar surface area (TPSA) is 76.1 Å². The summed E-state index contributed by atoms with van der Waals surface area (Å²) < 4.78 is 10.7. The van der Waals surface area contributed by atoms with Crippen molar-refractivity contribution < 1.29 is 24.2 Å². The van der Waals surface area contributed by atoms with Gasteiger partial charge in [0.15, 0.2) is 5.76 Å². The zero-order valence-corrected chi connectivity index (χ0v) is 15.6. The molecule has 0 radical (unpaired) electrons. The molecule has 0 saturated heterocycles. The van der Waals surface area contributed by atoms with Gasteiger partial charge in [-0.05, 0) is 42.3 Å². The molecule has 0 bridgehead atoms. The van der Waals surface area contributed by atoms with Crippen molar-refractivity contribution >= 4 is 34.7 Å². The standard InChI is InChI=1S/C20H18ClNO5/c1-3-10-27-14-7-4-12(5-8-14)17-18(23)20(25)22(19(17)24)15-11-13(21)6-9-16(15)26-2/h4-9,11,23H,3,10H2,1-2H3. The maximum absolute atomic E-state index is 12.9. The summed E-state index contributed by atoms with van der Waals surface area (Å²) in [7, 11) is 1.42. The smallest absolute Gasteiger partial charge is 0.301 e. The fourth-order valence-corrected chi connectivity index (χ4v) is 2.94. The minimum Gasteiger partial charge on any atom is -0.502 e. The van der Waals surface area contributed by atoms with E-state index in [2.05, 4.69) is 0 Å². The van der Waals surface area contributed by atoms with Crippen LogP contribution >= 0.6 is 11.6 Å². The lowest BCUT2D eigenvalue weighted by molar-refractivity contribution is -0.121. The molecule has 1 heterocycles. The third kappa shape index (κ3) is 3.48. The van der Waals surface area contributed by atoms with Gasteiger partial charge in [0.2, 0.25) is 0 Å². The SMILES string of the molecule is CCCOc1ccc(C2=C(O)C(=O)N(c3cc(Cl)ccc3OC)C2=O)cc1. The second-order valence-electron chi connectivity index (χ2n) is 5.86. The average molecular weight is 388 g/mol. The summed E-state index contributed by atoms with van der Waals surface area (Å²) in [5.41, 5.74) is 0.506. The van der Waals surface area contributed by atoms with Crippen LogP contribution in [0.1, 0.15) is 18.9 Å². The first-order valence-corrected chi connectivity index (χ1v) is 8.74. The van der Waals surface area contributed by atoms with Crippen LogP contribution < -0.4 is 14.4 Å². The summed E-state index contributed by atoms with van der Waals surface area (Å²) in [6, 6.07) is 11.2. The van der Waals surface area contributed by atoms with Gasteiger partial charge in [-0.2, -0.15) is 0 Å². The number of ether oxygens (including phenoxy) is 2. The second-order valence-corrected chi connectivity index (χ2v) is 6.29. The molecule has 0 aromatic heterocycles. The fourth-order valence-electron chi connectivity index (χ4n) is 2.77. The molecule has 1 aliphatic heterocycles. The summed E-state index contributed by atoms with van der Waals surface area (Å²) in [4.78, 5) is 26.3. The maximum atomic E-state index is 12.9. The molecule has 0 unspecified atom stereocenters. The highest BCUT2D eigenvalue weighted by Gasteiger charge is 2.41. The third-order valence-electron chi connectivity index (χ3n) is 4.06. The van der Waals surface area contributed by atoms with E-state index in [1.807, 2.05) is 6.92 Å².